The van der Waals surface area contributed by atoms with Gasteiger partial charge in [-0.2, -0.15) is 5.26 Å². The molecule has 0 unspecified atom stereocenters. The third-order valence-corrected chi connectivity index (χ3v) is 6.12. The molecule has 3 rings (SSSR count). The molecule has 3 aromatic carbocycles. The highest BCUT2D eigenvalue weighted by Gasteiger charge is 2.29. The molecule has 148 valence electrons. The van der Waals surface area contributed by atoms with Crippen LogP contribution < -0.4 is 10.0 Å². The number of aryl methyl sites for hydroxylation is 1. The summed E-state index contributed by atoms with van der Waals surface area (Å²) in [6.45, 7) is 2.00. The molecule has 0 aromatic heterocycles. The maximum atomic E-state index is 13.1. The molecule has 0 saturated heterocycles. The summed E-state index contributed by atoms with van der Waals surface area (Å²) in [6, 6.07) is 26.7. The van der Waals surface area contributed by atoms with Crippen LogP contribution in [0.2, 0.25) is 0 Å². The van der Waals surface area contributed by atoms with Gasteiger partial charge in [0.2, 0.25) is 10.0 Å². The molecule has 6 heteroatoms. The third-order valence-electron chi connectivity index (χ3n) is 4.67. The number of hydrogen-bond acceptors (Lipinski definition) is 4. The standard InChI is InChI=1S/C23H23N3O2S/c1-18-12-14-21(15-13-18)29(27,28)26-23(20-10-6-3-7-11-20)22(25-17-16-24)19-8-4-2-5-9-19/h2-15,22-23,25-26H,17H2,1H3/t22-,23-/m1/s1. The maximum absolute atomic E-state index is 13.1. The maximum Gasteiger partial charge on any atom is 0.241 e. The Morgan fingerprint density at radius 3 is 1.86 bits per heavy atom. The van der Waals surface area contributed by atoms with Crippen LogP contribution in [0, 0.1) is 18.3 Å². The van der Waals surface area contributed by atoms with E-state index in [2.05, 4.69) is 16.1 Å². The summed E-state index contributed by atoms with van der Waals surface area (Å²) in [5.74, 6) is 0. The first-order valence-electron chi connectivity index (χ1n) is 9.30. The van der Waals surface area contributed by atoms with Crippen LogP contribution in [0.1, 0.15) is 28.8 Å². The van der Waals surface area contributed by atoms with Crippen LogP contribution in [0.25, 0.3) is 0 Å². The van der Waals surface area contributed by atoms with Crippen LogP contribution in [-0.4, -0.2) is 15.0 Å². The lowest BCUT2D eigenvalue weighted by molar-refractivity contribution is 0.440. The fourth-order valence-electron chi connectivity index (χ4n) is 3.19. The molecule has 0 spiro atoms. The number of benzene rings is 3. The van der Waals surface area contributed by atoms with Gasteiger partial charge in [0.1, 0.15) is 0 Å². The summed E-state index contributed by atoms with van der Waals surface area (Å²) < 4.78 is 29.1. The molecular weight excluding hydrogens is 382 g/mol. The molecule has 0 aliphatic carbocycles. The molecule has 0 radical (unpaired) electrons. The first-order valence-corrected chi connectivity index (χ1v) is 10.8. The van der Waals surface area contributed by atoms with Crippen LogP contribution in [0.3, 0.4) is 0 Å². The number of hydrogen-bond donors (Lipinski definition) is 2. The molecule has 3 aromatic rings. The van der Waals surface area contributed by atoms with Crippen LogP contribution in [0.15, 0.2) is 89.8 Å². The molecule has 0 aliphatic heterocycles. The van der Waals surface area contributed by atoms with Crippen molar-refractivity contribution in [2.45, 2.75) is 23.9 Å². The predicted molar refractivity (Wildman–Crippen MR) is 113 cm³/mol. The molecular formula is C23H23N3O2S. The zero-order valence-electron chi connectivity index (χ0n) is 16.1. The quantitative estimate of drug-likeness (QED) is 0.558. The van der Waals surface area contributed by atoms with E-state index < -0.39 is 22.1 Å². The highest BCUT2D eigenvalue weighted by Crippen LogP contribution is 2.30. The Kier molecular flexibility index (Phi) is 6.78. The van der Waals surface area contributed by atoms with Gasteiger partial charge in [0.05, 0.1) is 29.6 Å². The molecule has 0 saturated carbocycles. The van der Waals surface area contributed by atoms with E-state index in [1.54, 1.807) is 24.3 Å². The van der Waals surface area contributed by atoms with Crippen molar-refractivity contribution in [3.8, 4) is 6.07 Å². The highest BCUT2D eigenvalue weighted by molar-refractivity contribution is 7.89. The molecule has 0 bridgehead atoms. The molecule has 5 nitrogen and oxygen atoms in total. The largest absolute Gasteiger partial charge is 0.296 e. The lowest BCUT2D eigenvalue weighted by atomic mass is 9.94. The Bertz CT molecular complexity index is 1060. The van der Waals surface area contributed by atoms with Crippen molar-refractivity contribution < 1.29 is 8.42 Å². The normalized spacial score (nSPS) is 13.4. The minimum absolute atomic E-state index is 0.0924. The lowest BCUT2D eigenvalue weighted by Crippen LogP contribution is -2.38. The van der Waals surface area contributed by atoms with Crippen molar-refractivity contribution in [1.82, 2.24) is 10.0 Å². The second-order valence-corrected chi connectivity index (χ2v) is 8.46. The van der Waals surface area contributed by atoms with Crippen LogP contribution in [-0.2, 0) is 10.0 Å². The topological polar surface area (TPSA) is 82.0 Å². The Morgan fingerprint density at radius 2 is 1.34 bits per heavy atom. The molecule has 29 heavy (non-hydrogen) atoms. The van der Waals surface area contributed by atoms with Gasteiger partial charge in [-0.25, -0.2) is 13.1 Å². The Labute approximate surface area is 172 Å². The monoisotopic (exact) mass is 405 g/mol. The van der Waals surface area contributed by atoms with Gasteiger partial charge >= 0.3 is 0 Å². The van der Waals surface area contributed by atoms with E-state index in [0.29, 0.717) is 0 Å². The van der Waals surface area contributed by atoms with E-state index >= 15 is 0 Å². The summed E-state index contributed by atoms with van der Waals surface area (Å²) in [7, 11) is -3.78. The van der Waals surface area contributed by atoms with E-state index in [0.717, 1.165) is 16.7 Å². The van der Waals surface area contributed by atoms with Gasteiger partial charge in [-0.15, -0.1) is 0 Å². The second-order valence-electron chi connectivity index (χ2n) is 6.75. The number of nitrogens with one attached hydrogen (secondary N) is 2. The first kappa shape index (κ1) is 20.7. The Morgan fingerprint density at radius 1 is 0.828 bits per heavy atom. The van der Waals surface area contributed by atoms with E-state index in [1.807, 2.05) is 67.6 Å². The van der Waals surface area contributed by atoms with Crippen molar-refractivity contribution in [1.29, 1.82) is 5.26 Å². The minimum Gasteiger partial charge on any atom is -0.296 e. The van der Waals surface area contributed by atoms with Crippen molar-refractivity contribution >= 4 is 10.0 Å². The van der Waals surface area contributed by atoms with Crippen LogP contribution >= 0.6 is 0 Å². The van der Waals surface area contributed by atoms with E-state index in [-0.39, 0.29) is 11.4 Å². The van der Waals surface area contributed by atoms with Crippen molar-refractivity contribution in [2.75, 3.05) is 6.54 Å². The van der Waals surface area contributed by atoms with Crippen LogP contribution in [0.4, 0.5) is 0 Å². The van der Waals surface area contributed by atoms with Gasteiger partial charge in [0.15, 0.2) is 0 Å². The summed E-state index contributed by atoms with van der Waals surface area (Å²) >= 11 is 0. The predicted octanol–water partition coefficient (Wildman–Crippen LogP) is 3.87. The molecule has 2 atom stereocenters. The summed E-state index contributed by atoms with van der Waals surface area (Å²) in [5.41, 5.74) is 2.69. The Balaban J connectivity index is 2.04. The summed E-state index contributed by atoms with van der Waals surface area (Å²) in [5, 5.41) is 12.3. The number of sulfonamides is 1. The second kappa shape index (κ2) is 9.48. The zero-order valence-corrected chi connectivity index (χ0v) is 16.9. The van der Waals surface area contributed by atoms with Gasteiger partial charge in [-0.1, -0.05) is 78.4 Å². The summed E-state index contributed by atoms with van der Waals surface area (Å²) in [6.07, 6.45) is 0. The zero-order chi connectivity index (χ0) is 20.7. The molecule has 2 N–H and O–H groups in total. The van der Waals surface area contributed by atoms with Crippen molar-refractivity contribution in [2.24, 2.45) is 0 Å². The summed E-state index contributed by atoms with van der Waals surface area (Å²) in [4.78, 5) is 0.205. The van der Waals surface area contributed by atoms with Gasteiger partial charge in [-0.3, -0.25) is 5.32 Å². The van der Waals surface area contributed by atoms with Crippen molar-refractivity contribution in [3.63, 3.8) is 0 Å². The SMILES string of the molecule is Cc1ccc(S(=O)(=O)N[C@H](c2ccccc2)[C@H](NCC#N)c2ccccc2)cc1. The van der Waals surface area contributed by atoms with Gasteiger partial charge in [0.25, 0.3) is 0 Å². The number of rotatable bonds is 8. The molecule has 0 amide bonds. The van der Waals surface area contributed by atoms with Gasteiger partial charge in [0, 0.05) is 0 Å². The number of nitrogens with zero attached hydrogens (tertiary/aromatic N) is 1. The fourth-order valence-corrected chi connectivity index (χ4v) is 4.42. The minimum atomic E-state index is -3.78. The molecule has 0 heterocycles. The average Bonchev–Trinajstić information content (AvgIpc) is 2.75. The van der Waals surface area contributed by atoms with E-state index in [4.69, 9.17) is 5.26 Å². The first-order chi connectivity index (χ1) is 14.0. The van der Waals surface area contributed by atoms with E-state index in [9.17, 15) is 8.42 Å². The van der Waals surface area contributed by atoms with Gasteiger partial charge < -0.3 is 0 Å². The number of nitriles is 1. The highest BCUT2D eigenvalue weighted by atomic mass is 32.2. The lowest BCUT2D eigenvalue weighted by Gasteiger charge is -2.29. The third kappa shape index (κ3) is 5.30. The smallest absolute Gasteiger partial charge is 0.241 e. The van der Waals surface area contributed by atoms with Crippen molar-refractivity contribution in [3.05, 3.63) is 102 Å². The Hall–Kier alpha value is -2.98. The van der Waals surface area contributed by atoms with Crippen LogP contribution in [0.5, 0.6) is 0 Å². The fraction of sp³-hybridized carbons (Fsp3) is 0.174. The average molecular weight is 406 g/mol. The van der Waals surface area contributed by atoms with Gasteiger partial charge in [-0.05, 0) is 30.2 Å². The molecule has 0 aliphatic rings. The van der Waals surface area contributed by atoms with E-state index in [1.165, 1.54) is 0 Å². The molecule has 0 fully saturated rings.